The molecule has 2 heterocycles. The number of hydrogen-bond donors (Lipinski definition) is 2. The molecule has 0 spiro atoms. The van der Waals surface area contributed by atoms with E-state index in [2.05, 4.69) is 15.2 Å². The summed E-state index contributed by atoms with van der Waals surface area (Å²) in [6.07, 6.45) is 1.79. The number of aliphatic carboxylic acids is 1. The number of rotatable bonds is 12. The smallest absolute Gasteiger partial charge is 0.327 e. The van der Waals surface area contributed by atoms with Gasteiger partial charge in [0.2, 0.25) is 5.91 Å². The van der Waals surface area contributed by atoms with Crippen LogP contribution in [-0.4, -0.2) is 53.2 Å². The second-order valence-corrected chi connectivity index (χ2v) is 11.5. The van der Waals surface area contributed by atoms with Crippen LogP contribution in [0.25, 0.3) is 0 Å². The van der Waals surface area contributed by atoms with Gasteiger partial charge in [-0.1, -0.05) is 48.0 Å². The highest BCUT2D eigenvalue weighted by molar-refractivity contribution is 6.30. The number of anilines is 1. The van der Waals surface area contributed by atoms with Gasteiger partial charge in [-0.2, -0.15) is 0 Å². The van der Waals surface area contributed by atoms with Crippen molar-refractivity contribution in [3.05, 3.63) is 118 Å². The summed E-state index contributed by atoms with van der Waals surface area (Å²) in [7, 11) is 3.24. The van der Waals surface area contributed by atoms with Crippen molar-refractivity contribution >= 4 is 35.3 Å². The lowest BCUT2D eigenvalue weighted by Gasteiger charge is -2.43. The monoisotopic (exact) mass is 642 g/mol. The van der Waals surface area contributed by atoms with E-state index < -0.39 is 35.9 Å². The number of halogens is 1. The summed E-state index contributed by atoms with van der Waals surface area (Å²) in [5.74, 6) is -0.528. The number of methoxy groups -OCH3 is 2. The van der Waals surface area contributed by atoms with Crippen molar-refractivity contribution in [1.82, 2.24) is 15.2 Å². The summed E-state index contributed by atoms with van der Waals surface area (Å²) < 4.78 is 10.6. The molecular weight excluding hydrogens is 608 g/mol. The van der Waals surface area contributed by atoms with Crippen LogP contribution in [0.15, 0.2) is 91.1 Å². The Morgan fingerprint density at radius 2 is 1.54 bits per heavy atom. The van der Waals surface area contributed by atoms with Gasteiger partial charge >= 0.3 is 12.0 Å². The van der Waals surface area contributed by atoms with Crippen molar-refractivity contribution in [2.24, 2.45) is 5.92 Å². The summed E-state index contributed by atoms with van der Waals surface area (Å²) >= 11 is 6.07. The number of nitrogens with one attached hydrogen (secondary N) is 1. The molecule has 0 bridgehead atoms. The maximum atomic E-state index is 13.2. The fraction of sp³-hybridized carbons (Fsp3) is 0.257. The molecular formula is C35H35ClN4O6. The molecule has 0 aliphatic carbocycles. The summed E-state index contributed by atoms with van der Waals surface area (Å²) in [5.41, 5.74) is 3.54. The van der Waals surface area contributed by atoms with Crippen molar-refractivity contribution in [2.75, 3.05) is 19.1 Å². The van der Waals surface area contributed by atoms with Gasteiger partial charge in [0.1, 0.15) is 17.3 Å². The Kier molecular flexibility index (Phi) is 10.1. The lowest BCUT2D eigenvalue weighted by Crippen LogP contribution is -2.68. The number of pyridine rings is 1. The standard InChI is InChI=1S/C35H35ClN4O6/c1-22(26-5-4-6-27(36)19-26)38-35(44)40-32(34(42)43)30(33(40)41)17-25-15-16-37-31(18-25)39(20-23-7-11-28(45-2)12-8-23)21-24-9-13-29(46-3)14-10-24/h4-16,18-19,22,30,32H,17,20-21H2,1-3H3,(H,38,44)(H,42,43)/t22?,30-,32+/m1/s1. The molecule has 2 N–H and O–H groups in total. The summed E-state index contributed by atoms with van der Waals surface area (Å²) in [6, 6.07) is 23.6. The Morgan fingerprint density at radius 3 is 2.09 bits per heavy atom. The van der Waals surface area contributed by atoms with Gasteiger partial charge < -0.3 is 24.8 Å². The number of carboxylic acid groups (broad SMARTS) is 1. The molecule has 4 aromatic rings. The zero-order valence-electron chi connectivity index (χ0n) is 25.7. The number of carboxylic acids is 1. The molecule has 0 radical (unpaired) electrons. The molecule has 238 valence electrons. The highest BCUT2D eigenvalue weighted by Crippen LogP contribution is 2.32. The van der Waals surface area contributed by atoms with E-state index in [0.717, 1.165) is 38.7 Å². The largest absolute Gasteiger partial charge is 0.497 e. The highest BCUT2D eigenvalue weighted by Gasteiger charge is 2.54. The zero-order chi connectivity index (χ0) is 32.8. The molecule has 1 unspecified atom stereocenters. The van der Waals surface area contributed by atoms with Crippen molar-refractivity contribution in [3.63, 3.8) is 0 Å². The highest BCUT2D eigenvalue weighted by atomic mass is 35.5. The average molecular weight is 643 g/mol. The Hall–Kier alpha value is -5.09. The number of carbonyl (C=O) groups excluding carboxylic acids is 2. The van der Waals surface area contributed by atoms with Gasteiger partial charge in [-0.05, 0) is 84.1 Å². The third-order valence-corrected chi connectivity index (χ3v) is 8.26. The minimum atomic E-state index is -1.30. The van der Waals surface area contributed by atoms with Crippen molar-refractivity contribution in [3.8, 4) is 11.5 Å². The Morgan fingerprint density at radius 1 is 0.935 bits per heavy atom. The summed E-state index contributed by atoms with van der Waals surface area (Å²) in [6.45, 7) is 2.81. The van der Waals surface area contributed by atoms with E-state index in [1.807, 2.05) is 54.6 Å². The first-order valence-electron chi connectivity index (χ1n) is 14.7. The van der Waals surface area contributed by atoms with Crippen LogP contribution in [0.5, 0.6) is 11.5 Å². The number of β-lactam (4-membered cyclic amide) rings is 1. The first-order valence-corrected chi connectivity index (χ1v) is 15.1. The molecule has 5 rings (SSSR count). The van der Waals surface area contributed by atoms with E-state index in [1.54, 1.807) is 57.7 Å². The molecule has 1 aromatic heterocycles. The predicted molar refractivity (Wildman–Crippen MR) is 174 cm³/mol. The molecule has 3 amide bonds. The van der Waals surface area contributed by atoms with E-state index >= 15 is 0 Å². The van der Waals surface area contributed by atoms with Crippen LogP contribution in [0.3, 0.4) is 0 Å². The average Bonchev–Trinajstić information content (AvgIpc) is 3.06. The number of imide groups is 1. The van der Waals surface area contributed by atoms with E-state index in [0.29, 0.717) is 23.9 Å². The lowest BCUT2D eigenvalue weighted by molar-refractivity contribution is -0.165. The van der Waals surface area contributed by atoms with E-state index in [-0.39, 0.29) is 6.42 Å². The van der Waals surface area contributed by atoms with Crippen LogP contribution in [0.2, 0.25) is 5.02 Å². The third-order valence-electron chi connectivity index (χ3n) is 8.03. The van der Waals surface area contributed by atoms with Gasteiger partial charge in [0.15, 0.2) is 6.04 Å². The fourth-order valence-corrected chi connectivity index (χ4v) is 5.70. The molecule has 1 aliphatic heterocycles. The molecule has 3 atom stereocenters. The topological polar surface area (TPSA) is 121 Å². The molecule has 1 aliphatic rings. The molecule has 3 aromatic carbocycles. The molecule has 1 fully saturated rings. The SMILES string of the molecule is COc1ccc(CN(Cc2ccc(OC)cc2)c2cc(C[C@H]3C(=O)N(C(=O)NC(C)c4cccc(Cl)c4)[C@@H]3C(=O)O)ccn2)cc1. The van der Waals surface area contributed by atoms with Crippen LogP contribution >= 0.6 is 11.6 Å². The van der Waals surface area contributed by atoms with Crippen molar-refractivity contribution < 1.29 is 29.0 Å². The lowest BCUT2D eigenvalue weighted by atomic mass is 9.82. The van der Waals surface area contributed by atoms with Crippen LogP contribution < -0.4 is 19.7 Å². The Labute approximate surface area is 272 Å². The van der Waals surface area contributed by atoms with E-state index in [4.69, 9.17) is 21.1 Å². The fourth-order valence-electron chi connectivity index (χ4n) is 5.51. The van der Waals surface area contributed by atoms with Gasteiger partial charge in [-0.3, -0.25) is 4.79 Å². The number of aromatic nitrogens is 1. The second kappa shape index (κ2) is 14.3. The Balaban J connectivity index is 1.33. The summed E-state index contributed by atoms with van der Waals surface area (Å²) in [4.78, 5) is 46.1. The van der Waals surface area contributed by atoms with Crippen molar-refractivity contribution in [1.29, 1.82) is 0 Å². The third kappa shape index (κ3) is 7.40. The van der Waals surface area contributed by atoms with Gasteiger partial charge in [0, 0.05) is 24.3 Å². The Bertz CT molecular complexity index is 1650. The van der Waals surface area contributed by atoms with E-state index in [9.17, 15) is 19.5 Å². The normalized spacial score (nSPS) is 16.3. The maximum Gasteiger partial charge on any atom is 0.327 e. The number of hydrogen-bond acceptors (Lipinski definition) is 7. The minimum absolute atomic E-state index is 0.137. The zero-order valence-corrected chi connectivity index (χ0v) is 26.5. The van der Waals surface area contributed by atoms with Gasteiger partial charge in [-0.15, -0.1) is 0 Å². The number of likely N-dealkylation sites (tertiary alicyclic amines) is 1. The van der Waals surface area contributed by atoms with E-state index in [1.165, 1.54) is 0 Å². The predicted octanol–water partition coefficient (Wildman–Crippen LogP) is 5.88. The number of benzene rings is 3. The molecule has 46 heavy (non-hydrogen) atoms. The number of carbonyl (C=O) groups is 3. The number of amides is 3. The van der Waals surface area contributed by atoms with Gasteiger partial charge in [0.25, 0.3) is 0 Å². The number of urea groups is 1. The first-order chi connectivity index (χ1) is 22.2. The van der Waals surface area contributed by atoms with Crippen molar-refractivity contribution in [2.45, 2.75) is 38.5 Å². The number of nitrogens with zero attached hydrogens (tertiary/aromatic N) is 3. The van der Waals surface area contributed by atoms with Gasteiger partial charge in [0.05, 0.1) is 26.2 Å². The van der Waals surface area contributed by atoms with Crippen LogP contribution in [-0.2, 0) is 29.1 Å². The first kappa shape index (κ1) is 32.3. The molecule has 10 nitrogen and oxygen atoms in total. The molecule has 1 saturated heterocycles. The van der Waals surface area contributed by atoms with Crippen LogP contribution in [0.1, 0.15) is 35.2 Å². The maximum absolute atomic E-state index is 13.2. The van der Waals surface area contributed by atoms with Crippen LogP contribution in [0.4, 0.5) is 10.6 Å². The molecule has 11 heteroatoms. The quantitative estimate of drug-likeness (QED) is 0.184. The second-order valence-electron chi connectivity index (χ2n) is 11.1. The minimum Gasteiger partial charge on any atom is -0.497 e. The summed E-state index contributed by atoms with van der Waals surface area (Å²) in [5, 5.41) is 13.2. The van der Waals surface area contributed by atoms with Gasteiger partial charge in [-0.25, -0.2) is 19.5 Å². The van der Waals surface area contributed by atoms with Crippen LogP contribution in [0, 0.1) is 5.92 Å². The molecule has 0 saturated carbocycles. The number of ether oxygens (including phenoxy) is 2.